The van der Waals surface area contributed by atoms with E-state index in [0.29, 0.717) is 17.1 Å². The molecule has 0 aromatic heterocycles. The van der Waals surface area contributed by atoms with Gasteiger partial charge in [-0.3, -0.25) is 10.1 Å². The summed E-state index contributed by atoms with van der Waals surface area (Å²) >= 11 is 6.07. The highest BCUT2D eigenvalue weighted by atomic mass is 35.5. The summed E-state index contributed by atoms with van der Waals surface area (Å²) in [6, 6.07) is 19.5. The van der Waals surface area contributed by atoms with Crippen LogP contribution in [0.5, 0.6) is 5.75 Å². The Bertz CT molecular complexity index is 1910. The first kappa shape index (κ1) is 38.0. The zero-order chi connectivity index (χ0) is 36.8. The fourth-order valence-corrected chi connectivity index (χ4v) is 8.09. The summed E-state index contributed by atoms with van der Waals surface area (Å²) in [5, 5.41) is 12.8. The van der Waals surface area contributed by atoms with Gasteiger partial charge in [0.2, 0.25) is 5.91 Å². The highest BCUT2D eigenvalue weighted by Gasteiger charge is 2.47. The fourth-order valence-electron chi connectivity index (χ4n) is 6.00. The maximum absolute atomic E-state index is 15.7. The number of anilines is 1. The van der Waals surface area contributed by atoms with Crippen LogP contribution in [0, 0.1) is 11.6 Å². The van der Waals surface area contributed by atoms with E-state index in [1.807, 2.05) is 0 Å². The molecular formula is C36H36ClF5N4O4S. The second-order valence-corrected chi connectivity index (χ2v) is 15.0. The van der Waals surface area contributed by atoms with Gasteiger partial charge in [0.15, 0.2) is 9.84 Å². The largest absolute Gasteiger partial charge is 0.573 e. The minimum absolute atomic E-state index is 0.0668. The van der Waals surface area contributed by atoms with E-state index in [4.69, 9.17) is 11.6 Å². The van der Waals surface area contributed by atoms with E-state index >= 15 is 4.39 Å². The molecule has 3 atom stereocenters. The van der Waals surface area contributed by atoms with Crippen LogP contribution in [0.15, 0.2) is 95.9 Å². The van der Waals surface area contributed by atoms with E-state index in [0.717, 1.165) is 29.8 Å². The summed E-state index contributed by atoms with van der Waals surface area (Å²) in [5.41, 5.74) is 1.82. The Balaban J connectivity index is 1.41. The molecule has 1 fully saturated rings. The molecule has 1 saturated heterocycles. The van der Waals surface area contributed by atoms with Crippen molar-refractivity contribution < 1.29 is 39.9 Å². The summed E-state index contributed by atoms with van der Waals surface area (Å²) < 4.78 is 99.5. The molecule has 0 radical (unpaired) electrons. The molecule has 0 unspecified atom stereocenters. The number of sulfone groups is 1. The molecule has 0 spiro atoms. The maximum Gasteiger partial charge on any atom is 0.573 e. The Morgan fingerprint density at radius 3 is 2.29 bits per heavy atom. The first-order valence-corrected chi connectivity index (χ1v) is 17.9. The molecule has 0 aliphatic carbocycles. The summed E-state index contributed by atoms with van der Waals surface area (Å²) in [4.78, 5) is 11.7. The number of amides is 1. The zero-order valence-corrected chi connectivity index (χ0v) is 28.9. The van der Waals surface area contributed by atoms with Crippen LogP contribution in [0.1, 0.15) is 30.0 Å². The first-order chi connectivity index (χ1) is 24.1. The number of nitrogens with one attached hydrogen (secondary N) is 4. The van der Waals surface area contributed by atoms with E-state index in [1.165, 1.54) is 24.3 Å². The van der Waals surface area contributed by atoms with Crippen LogP contribution in [-0.4, -0.2) is 50.7 Å². The molecular weight excluding hydrogens is 715 g/mol. The quantitative estimate of drug-likeness (QED) is 0.115. The molecule has 0 bridgehead atoms. The molecule has 8 nitrogen and oxygen atoms in total. The van der Waals surface area contributed by atoms with Gasteiger partial charge in [-0.25, -0.2) is 17.2 Å². The Morgan fingerprint density at radius 1 is 0.980 bits per heavy atom. The average Bonchev–Trinajstić information content (AvgIpc) is 3.08. The normalized spacial score (nSPS) is 18.5. The molecule has 15 heteroatoms. The van der Waals surface area contributed by atoms with Crippen molar-refractivity contribution in [3.05, 3.63) is 124 Å². The van der Waals surface area contributed by atoms with Crippen LogP contribution in [0.3, 0.4) is 0 Å². The minimum atomic E-state index is -4.95. The van der Waals surface area contributed by atoms with E-state index < -0.39 is 50.4 Å². The third kappa shape index (κ3) is 9.76. The van der Waals surface area contributed by atoms with Gasteiger partial charge in [0.25, 0.3) is 0 Å². The number of hydrogen-bond donors (Lipinski definition) is 4. The fraction of sp³-hybridized carbons (Fsp3) is 0.306. The molecule has 4 N–H and O–H groups in total. The monoisotopic (exact) mass is 750 g/mol. The van der Waals surface area contributed by atoms with Crippen molar-refractivity contribution in [2.24, 2.45) is 0 Å². The molecule has 1 heterocycles. The van der Waals surface area contributed by atoms with Gasteiger partial charge in [-0.2, -0.15) is 0 Å². The van der Waals surface area contributed by atoms with E-state index in [-0.39, 0.29) is 54.5 Å². The van der Waals surface area contributed by atoms with Gasteiger partial charge in [0, 0.05) is 48.4 Å². The number of carbonyl (C=O) groups is 1. The predicted octanol–water partition coefficient (Wildman–Crippen LogP) is 6.54. The van der Waals surface area contributed by atoms with Gasteiger partial charge < -0.3 is 20.7 Å². The van der Waals surface area contributed by atoms with Crippen molar-refractivity contribution in [1.29, 1.82) is 0 Å². The molecule has 0 saturated carbocycles. The molecule has 1 aliphatic rings. The smallest absolute Gasteiger partial charge is 0.406 e. The number of ether oxygens (including phenoxy) is 1. The highest BCUT2D eigenvalue weighted by molar-refractivity contribution is 7.92. The number of piperazine rings is 1. The van der Waals surface area contributed by atoms with E-state index in [1.54, 1.807) is 49.4 Å². The van der Waals surface area contributed by atoms with Crippen molar-refractivity contribution in [2.75, 3.05) is 18.4 Å². The predicted molar refractivity (Wildman–Crippen MR) is 184 cm³/mol. The maximum atomic E-state index is 15.7. The molecule has 4 aromatic carbocycles. The van der Waals surface area contributed by atoms with Crippen LogP contribution < -0.4 is 26.0 Å². The third-order valence-corrected chi connectivity index (χ3v) is 11.2. The Labute approximate surface area is 297 Å². The molecule has 272 valence electrons. The van der Waals surface area contributed by atoms with Crippen LogP contribution in [0.25, 0.3) is 0 Å². The summed E-state index contributed by atoms with van der Waals surface area (Å²) in [5.74, 6) is -2.04. The number of rotatable bonds is 13. The lowest BCUT2D eigenvalue weighted by molar-refractivity contribution is -0.274. The molecule has 4 aromatic rings. The lowest BCUT2D eigenvalue weighted by Gasteiger charge is -2.41. The molecule has 51 heavy (non-hydrogen) atoms. The summed E-state index contributed by atoms with van der Waals surface area (Å²) in [6.45, 7) is 2.26. The molecule has 5 rings (SSSR count). The number of benzene rings is 4. The third-order valence-electron chi connectivity index (χ3n) is 8.53. The Kier molecular flexibility index (Phi) is 11.9. The lowest BCUT2D eigenvalue weighted by Crippen LogP contribution is -2.66. The van der Waals surface area contributed by atoms with Crippen molar-refractivity contribution in [2.45, 2.75) is 60.9 Å². The van der Waals surface area contributed by atoms with Crippen molar-refractivity contribution in [3.8, 4) is 5.75 Å². The molecule has 1 aliphatic heterocycles. The van der Waals surface area contributed by atoms with Crippen molar-refractivity contribution in [1.82, 2.24) is 16.0 Å². The Hall–Kier alpha value is -4.24. The second-order valence-electron chi connectivity index (χ2n) is 12.3. The van der Waals surface area contributed by atoms with Gasteiger partial charge in [-0.15, -0.1) is 13.2 Å². The van der Waals surface area contributed by atoms with Gasteiger partial charge in [0.1, 0.15) is 28.3 Å². The van der Waals surface area contributed by atoms with Gasteiger partial charge in [-0.05, 0) is 91.6 Å². The topological polar surface area (TPSA) is 109 Å². The first-order valence-electron chi connectivity index (χ1n) is 16.0. The van der Waals surface area contributed by atoms with Crippen LogP contribution in [-0.2, 0) is 34.0 Å². The number of halogens is 6. The highest BCUT2D eigenvalue weighted by Crippen LogP contribution is 2.34. The van der Waals surface area contributed by atoms with Crippen LogP contribution >= 0.6 is 11.6 Å². The Morgan fingerprint density at radius 2 is 1.65 bits per heavy atom. The summed E-state index contributed by atoms with van der Waals surface area (Å²) in [6.07, 6.45) is -5.01. The average molecular weight is 751 g/mol. The standard InChI is InChI=1S/C36H36ClF5N4O4S/c1-23-20-43-22-35(46-23,51(48,49)29-15-13-28(14-16-29)50-36(40,41)42)18-17-30-31(39)3-2-4-32(30)45-33(19-24-5-9-26(37)10-6-24)34(47)44-21-25-7-11-27(38)12-8-25/h2-16,23,33,43,45-46H,17-22H2,1H3,(H,44,47)/t23-,33-,35-/m0/s1. The summed E-state index contributed by atoms with van der Waals surface area (Å²) in [7, 11) is -4.28. The van der Waals surface area contributed by atoms with Crippen LogP contribution in [0.4, 0.5) is 27.6 Å². The van der Waals surface area contributed by atoms with Gasteiger partial charge >= 0.3 is 6.36 Å². The van der Waals surface area contributed by atoms with E-state index in [9.17, 15) is 30.8 Å². The SMILES string of the molecule is C[C@H]1CNC[C@](CCc2c(F)cccc2N[C@@H](Cc2ccc(Cl)cc2)C(=O)NCc2ccc(F)cc2)(S(=O)(=O)c2ccc(OC(F)(F)F)cc2)N1. The number of alkyl halides is 3. The van der Waals surface area contributed by atoms with Crippen LogP contribution in [0.2, 0.25) is 5.02 Å². The van der Waals surface area contributed by atoms with Crippen molar-refractivity contribution in [3.63, 3.8) is 0 Å². The minimum Gasteiger partial charge on any atom is -0.406 e. The van der Waals surface area contributed by atoms with Gasteiger partial charge in [-0.1, -0.05) is 41.9 Å². The van der Waals surface area contributed by atoms with E-state index in [2.05, 4.69) is 26.0 Å². The van der Waals surface area contributed by atoms with Crippen molar-refractivity contribution >= 4 is 33.0 Å². The number of carbonyl (C=O) groups excluding carboxylic acids is 1. The zero-order valence-electron chi connectivity index (χ0n) is 27.4. The van der Waals surface area contributed by atoms with Gasteiger partial charge in [0.05, 0.1) is 4.90 Å². The second kappa shape index (κ2) is 16.0. The molecule has 1 amide bonds. The lowest BCUT2D eigenvalue weighted by atomic mass is 9.99. The number of hydrogen-bond acceptors (Lipinski definition) is 7.